The molecule has 0 saturated heterocycles. The van der Waals surface area contributed by atoms with Crippen LogP contribution in [0.4, 0.5) is 16.2 Å². The van der Waals surface area contributed by atoms with E-state index in [1.165, 1.54) is 5.56 Å². The number of ether oxygens (including phenoxy) is 1. The highest BCUT2D eigenvalue weighted by atomic mass is 16.5. The van der Waals surface area contributed by atoms with E-state index in [9.17, 15) is 4.79 Å². The Kier molecular flexibility index (Phi) is 5.66. The lowest BCUT2D eigenvalue weighted by Gasteiger charge is -2.10. The molecular weight excluding hydrogens is 340 g/mol. The number of hydrogen-bond acceptors (Lipinski definition) is 4. The number of amides is 2. The predicted molar refractivity (Wildman–Crippen MR) is 107 cm³/mol. The van der Waals surface area contributed by atoms with E-state index in [4.69, 9.17) is 4.74 Å². The summed E-state index contributed by atoms with van der Waals surface area (Å²) >= 11 is 0. The Labute approximate surface area is 158 Å². The van der Waals surface area contributed by atoms with Crippen LogP contribution in [0.1, 0.15) is 18.1 Å². The first-order valence-electron chi connectivity index (χ1n) is 8.77. The van der Waals surface area contributed by atoms with Crippen molar-refractivity contribution >= 4 is 17.4 Å². The summed E-state index contributed by atoms with van der Waals surface area (Å²) in [4.78, 5) is 12.2. The van der Waals surface area contributed by atoms with Crippen LogP contribution < -0.4 is 15.4 Å². The molecule has 0 aliphatic rings. The second-order valence-corrected chi connectivity index (χ2v) is 6.15. The van der Waals surface area contributed by atoms with Crippen molar-refractivity contribution in [3.8, 4) is 17.1 Å². The Morgan fingerprint density at radius 1 is 0.889 bits per heavy atom. The summed E-state index contributed by atoms with van der Waals surface area (Å²) < 4.78 is 5.29. The molecule has 3 aromatic rings. The largest absolute Gasteiger partial charge is 0.477 e. The molecule has 1 heterocycles. The number of carbonyl (C=O) groups excluding carboxylic acids is 1. The van der Waals surface area contributed by atoms with Crippen molar-refractivity contribution in [3.05, 3.63) is 65.7 Å². The van der Waals surface area contributed by atoms with Crippen molar-refractivity contribution in [1.29, 1.82) is 0 Å². The van der Waals surface area contributed by atoms with Crippen molar-refractivity contribution < 1.29 is 9.53 Å². The minimum absolute atomic E-state index is 0.285. The SMILES string of the molecule is CCOc1ccc(-c2ccc(NC(=O)Nc3ccc(C)c(C)c3)cc2)nn1. The van der Waals surface area contributed by atoms with Gasteiger partial charge in [0.2, 0.25) is 5.88 Å². The summed E-state index contributed by atoms with van der Waals surface area (Å²) in [6.45, 7) is 6.51. The van der Waals surface area contributed by atoms with Crippen molar-refractivity contribution in [1.82, 2.24) is 10.2 Å². The molecule has 3 rings (SSSR count). The van der Waals surface area contributed by atoms with Gasteiger partial charge in [0.15, 0.2) is 0 Å². The molecule has 6 nitrogen and oxygen atoms in total. The van der Waals surface area contributed by atoms with E-state index in [1.807, 2.05) is 69.3 Å². The van der Waals surface area contributed by atoms with Crippen molar-refractivity contribution in [3.63, 3.8) is 0 Å². The number of hydrogen-bond donors (Lipinski definition) is 2. The van der Waals surface area contributed by atoms with Gasteiger partial charge in [-0.25, -0.2) is 4.79 Å². The predicted octanol–water partition coefficient (Wildman–Crippen LogP) is 4.80. The standard InChI is InChI=1S/C21H22N4O2/c1-4-27-20-12-11-19(24-25-20)16-6-9-17(10-7-16)22-21(26)23-18-8-5-14(2)15(3)13-18/h5-13H,4H2,1-3H3,(H2,22,23,26). The van der Waals surface area contributed by atoms with Crippen LogP contribution in [0.25, 0.3) is 11.3 Å². The lowest BCUT2D eigenvalue weighted by Crippen LogP contribution is -2.19. The number of carbonyl (C=O) groups is 1. The number of rotatable bonds is 5. The second kappa shape index (κ2) is 8.31. The van der Waals surface area contributed by atoms with Gasteiger partial charge in [-0.15, -0.1) is 10.2 Å². The number of aryl methyl sites for hydroxylation is 2. The maximum absolute atomic E-state index is 12.2. The van der Waals surface area contributed by atoms with Gasteiger partial charge < -0.3 is 15.4 Å². The maximum Gasteiger partial charge on any atom is 0.323 e. The lowest BCUT2D eigenvalue weighted by molar-refractivity contribution is 0.262. The van der Waals surface area contributed by atoms with Gasteiger partial charge in [0.25, 0.3) is 0 Å². The van der Waals surface area contributed by atoms with Crippen molar-refractivity contribution in [2.45, 2.75) is 20.8 Å². The van der Waals surface area contributed by atoms with Gasteiger partial charge in [-0.1, -0.05) is 18.2 Å². The highest BCUT2D eigenvalue weighted by molar-refractivity contribution is 5.99. The topological polar surface area (TPSA) is 76.1 Å². The molecule has 0 saturated carbocycles. The number of aromatic nitrogens is 2. The van der Waals surface area contributed by atoms with E-state index in [1.54, 1.807) is 6.07 Å². The van der Waals surface area contributed by atoms with E-state index in [-0.39, 0.29) is 6.03 Å². The fourth-order valence-electron chi connectivity index (χ4n) is 2.54. The van der Waals surface area contributed by atoms with Crippen LogP contribution in [0, 0.1) is 13.8 Å². The first-order chi connectivity index (χ1) is 13.0. The van der Waals surface area contributed by atoms with Gasteiger partial charge in [-0.05, 0) is 62.2 Å². The smallest absolute Gasteiger partial charge is 0.323 e. The minimum Gasteiger partial charge on any atom is -0.477 e. The van der Waals surface area contributed by atoms with E-state index in [0.29, 0.717) is 18.2 Å². The zero-order valence-electron chi connectivity index (χ0n) is 15.6. The molecule has 0 atom stereocenters. The summed E-state index contributed by atoms with van der Waals surface area (Å²) in [5.74, 6) is 0.502. The Morgan fingerprint density at radius 2 is 1.59 bits per heavy atom. The highest BCUT2D eigenvalue weighted by Crippen LogP contribution is 2.21. The third-order valence-electron chi connectivity index (χ3n) is 4.14. The number of urea groups is 1. The Balaban J connectivity index is 1.62. The molecule has 0 radical (unpaired) electrons. The van der Waals surface area contributed by atoms with Crippen molar-refractivity contribution in [2.75, 3.05) is 17.2 Å². The van der Waals surface area contributed by atoms with Gasteiger partial charge in [-0.2, -0.15) is 0 Å². The number of anilines is 2. The molecule has 6 heteroatoms. The summed E-state index contributed by atoms with van der Waals surface area (Å²) in [5.41, 5.74) is 5.42. The summed E-state index contributed by atoms with van der Waals surface area (Å²) in [6, 6.07) is 16.6. The highest BCUT2D eigenvalue weighted by Gasteiger charge is 2.06. The molecule has 0 aliphatic carbocycles. The van der Waals surface area contributed by atoms with Gasteiger partial charge in [0.1, 0.15) is 0 Å². The molecule has 2 amide bonds. The molecule has 27 heavy (non-hydrogen) atoms. The second-order valence-electron chi connectivity index (χ2n) is 6.15. The Bertz CT molecular complexity index is 922. The average Bonchev–Trinajstić information content (AvgIpc) is 2.66. The normalized spacial score (nSPS) is 10.3. The first kappa shape index (κ1) is 18.4. The maximum atomic E-state index is 12.2. The zero-order valence-corrected chi connectivity index (χ0v) is 15.6. The summed E-state index contributed by atoms with van der Waals surface area (Å²) in [5, 5.41) is 13.8. The minimum atomic E-state index is -0.285. The lowest BCUT2D eigenvalue weighted by atomic mass is 10.1. The number of nitrogens with one attached hydrogen (secondary N) is 2. The number of nitrogens with zero attached hydrogens (tertiary/aromatic N) is 2. The molecule has 2 N–H and O–H groups in total. The van der Waals surface area contributed by atoms with Gasteiger partial charge in [0.05, 0.1) is 12.3 Å². The third-order valence-corrected chi connectivity index (χ3v) is 4.14. The van der Waals surface area contributed by atoms with E-state index < -0.39 is 0 Å². The first-order valence-corrected chi connectivity index (χ1v) is 8.77. The van der Waals surface area contributed by atoms with E-state index in [0.717, 1.165) is 22.5 Å². The molecule has 0 bridgehead atoms. The monoisotopic (exact) mass is 362 g/mol. The van der Waals surface area contributed by atoms with Crippen LogP contribution in [0.3, 0.4) is 0 Å². The molecule has 0 aliphatic heterocycles. The van der Waals surface area contributed by atoms with E-state index in [2.05, 4.69) is 20.8 Å². The Hall–Kier alpha value is -3.41. The summed E-state index contributed by atoms with van der Waals surface area (Å²) in [6.07, 6.45) is 0. The molecule has 0 unspecified atom stereocenters. The average molecular weight is 362 g/mol. The zero-order chi connectivity index (χ0) is 19.2. The third kappa shape index (κ3) is 4.82. The van der Waals surface area contributed by atoms with Crippen LogP contribution in [0.2, 0.25) is 0 Å². The van der Waals surface area contributed by atoms with Gasteiger partial charge in [0, 0.05) is 23.0 Å². The van der Waals surface area contributed by atoms with Crippen LogP contribution in [0.5, 0.6) is 5.88 Å². The van der Waals surface area contributed by atoms with Crippen LogP contribution >= 0.6 is 0 Å². The fourth-order valence-corrected chi connectivity index (χ4v) is 2.54. The molecule has 0 spiro atoms. The van der Waals surface area contributed by atoms with Crippen molar-refractivity contribution in [2.24, 2.45) is 0 Å². The van der Waals surface area contributed by atoms with Gasteiger partial charge in [-0.3, -0.25) is 0 Å². The molecule has 138 valence electrons. The number of benzene rings is 2. The van der Waals surface area contributed by atoms with Crippen LogP contribution in [-0.4, -0.2) is 22.8 Å². The molecule has 1 aromatic heterocycles. The quantitative estimate of drug-likeness (QED) is 0.683. The van der Waals surface area contributed by atoms with E-state index >= 15 is 0 Å². The van der Waals surface area contributed by atoms with Crippen LogP contribution in [-0.2, 0) is 0 Å². The molecule has 2 aromatic carbocycles. The summed E-state index contributed by atoms with van der Waals surface area (Å²) in [7, 11) is 0. The van der Waals surface area contributed by atoms with Gasteiger partial charge >= 0.3 is 6.03 Å². The Morgan fingerprint density at radius 3 is 2.22 bits per heavy atom. The molecule has 0 fully saturated rings. The molecular formula is C21H22N4O2. The fraction of sp³-hybridized carbons (Fsp3) is 0.190. The van der Waals surface area contributed by atoms with Crippen LogP contribution in [0.15, 0.2) is 54.6 Å².